The molecule has 0 aliphatic carbocycles. The van der Waals surface area contributed by atoms with Crippen LogP contribution in [0.15, 0.2) is 65.7 Å². The Labute approximate surface area is 131 Å². The number of hydrogen-bond donors (Lipinski definition) is 0. The molecule has 22 heavy (non-hydrogen) atoms. The predicted molar refractivity (Wildman–Crippen MR) is 89.0 cm³/mol. The van der Waals surface area contributed by atoms with Crippen LogP contribution in [0.25, 0.3) is 0 Å². The Morgan fingerprint density at radius 1 is 0.955 bits per heavy atom. The van der Waals surface area contributed by atoms with E-state index in [1.807, 2.05) is 81.4 Å². The molecule has 2 aromatic rings. The number of carbonyl (C=O) groups is 1. The summed E-state index contributed by atoms with van der Waals surface area (Å²) in [5, 5.41) is 0. The molecule has 0 fully saturated rings. The summed E-state index contributed by atoms with van der Waals surface area (Å²) < 4.78 is 5.47. The first-order valence-corrected chi connectivity index (χ1v) is 7.33. The molecule has 0 aliphatic rings. The van der Waals surface area contributed by atoms with Gasteiger partial charge in [0.2, 0.25) is 0 Å². The minimum absolute atomic E-state index is 0.361. The molecular weight excluding hydrogens is 274 g/mol. The van der Waals surface area contributed by atoms with Gasteiger partial charge in [0.15, 0.2) is 5.71 Å². The zero-order valence-corrected chi connectivity index (χ0v) is 13.2. The van der Waals surface area contributed by atoms with Crippen molar-refractivity contribution in [2.75, 3.05) is 0 Å². The van der Waals surface area contributed by atoms with Crippen LogP contribution in [0, 0.1) is 0 Å². The van der Waals surface area contributed by atoms with Gasteiger partial charge in [0.05, 0.1) is 6.54 Å². The summed E-state index contributed by atoms with van der Waals surface area (Å²) in [6.07, 6.45) is 0. The van der Waals surface area contributed by atoms with Gasteiger partial charge in [0.1, 0.15) is 5.60 Å². The Hall–Kier alpha value is -2.42. The first kappa shape index (κ1) is 16.0. The van der Waals surface area contributed by atoms with Crippen LogP contribution in [-0.4, -0.2) is 17.3 Å². The maximum Gasteiger partial charge on any atom is 0.357 e. The van der Waals surface area contributed by atoms with E-state index in [0.717, 1.165) is 11.1 Å². The molecule has 0 N–H and O–H groups in total. The smallest absolute Gasteiger partial charge is 0.357 e. The van der Waals surface area contributed by atoms with E-state index in [0.29, 0.717) is 12.3 Å². The molecule has 0 saturated heterocycles. The van der Waals surface area contributed by atoms with Crippen LogP contribution in [0.1, 0.15) is 31.9 Å². The molecule has 0 spiro atoms. The fraction of sp³-hybridized carbons (Fsp3) is 0.263. The second-order valence-corrected chi connectivity index (χ2v) is 6.02. The van der Waals surface area contributed by atoms with Crippen molar-refractivity contribution in [1.29, 1.82) is 0 Å². The van der Waals surface area contributed by atoms with Gasteiger partial charge >= 0.3 is 5.97 Å². The molecule has 0 bridgehead atoms. The van der Waals surface area contributed by atoms with E-state index < -0.39 is 11.6 Å². The predicted octanol–water partition coefficient (Wildman–Crippen LogP) is 4.02. The quantitative estimate of drug-likeness (QED) is 0.631. The number of nitrogens with zero attached hydrogens (tertiary/aromatic N) is 1. The van der Waals surface area contributed by atoms with Gasteiger partial charge in [-0.3, -0.25) is 4.99 Å². The van der Waals surface area contributed by atoms with E-state index in [1.54, 1.807) is 0 Å². The summed E-state index contributed by atoms with van der Waals surface area (Å²) in [6.45, 7) is 6.00. The summed E-state index contributed by atoms with van der Waals surface area (Å²) >= 11 is 0. The monoisotopic (exact) mass is 295 g/mol. The number of hydrogen-bond acceptors (Lipinski definition) is 3. The highest BCUT2D eigenvalue weighted by Crippen LogP contribution is 2.12. The lowest BCUT2D eigenvalue weighted by atomic mass is 10.1. The normalized spacial score (nSPS) is 12.0. The van der Waals surface area contributed by atoms with Crippen LogP contribution in [0.5, 0.6) is 0 Å². The van der Waals surface area contributed by atoms with E-state index in [4.69, 9.17) is 4.74 Å². The van der Waals surface area contributed by atoms with E-state index in [9.17, 15) is 4.79 Å². The Morgan fingerprint density at radius 2 is 1.50 bits per heavy atom. The summed E-state index contributed by atoms with van der Waals surface area (Å²) in [6, 6.07) is 19.3. The molecule has 2 aromatic carbocycles. The van der Waals surface area contributed by atoms with Crippen LogP contribution in [0.2, 0.25) is 0 Å². The Morgan fingerprint density at radius 3 is 2.05 bits per heavy atom. The van der Waals surface area contributed by atoms with E-state index in [1.165, 1.54) is 0 Å². The minimum atomic E-state index is -0.542. The minimum Gasteiger partial charge on any atom is -0.455 e. The van der Waals surface area contributed by atoms with Gasteiger partial charge < -0.3 is 4.74 Å². The molecule has 0 heterocycles. The fourth-order valence-electron chi connectivity index (χ4n) is 1.95. The van der Waals surface area contributed by atoms with Gasteiger partial charge in [-0.2, -0.15) is 0 Å². The molecule has 0 atom stereocenters. The first-order chi connectivity index (χ1) is 10.5. The van der Waals surface area contributed by atoms with Crippen molar-refractivity contribution < 1.29 is 9.53 Å². The SMILES string of the molecule is CC(C)(C)OC(=O)C(=NCc1ccccc1)c1ccccc1. The van der Waals surface area contributed by atoms with Gasteiger partial charge in [0.25, 0.3) is 0 Å². The van der Waals surface area contributed by atoms with Crippen LogP contribution in [0.3, 0.4) is 0 Å². The maximum atomic E-state index is 12.4. The molecule has 114 valence electrons. The largest absolute Gasteiger partial charge is 0.455 e. The Bertz CT molecular complexity index is 640. The topological polar surface area (TPSA) is 38.7 Å². The molecule has 0 radical (unpaired) electrons. The van der Waals surface area contributed by atoms with Crippen molar-refractivity contribution in [2.45, 2.75) is 32.9 Å². The number of aliphatic imine (C=N–C) groups is 1. The molecular formula is C19H21NO2. The lowest BCUT2D eigenvalue weighted by molar-refractivity contribution is -0.146. The van der Waals surface area contributed by atoms with Crippen LogP contribution in [0.4, 0.5) is 0 Å². The van der Waals surface area contributed by atoms with Gasteiger partial charge in [-0.1, -0.05) is 60.7 Å². The second-order valence-electron chi connectivity index (χ2n) is 6.02. The molecule has 2 rings (SSSR count). The molecule has 3 heteroatoms. The molecule has 0 saturated carbocycles. The average molecular weight is 295 g/mol. The highest BCUT2D eigenvalue weighted by Gasteiger charge is 2.22. The number of benzene rings is 2. The first-order valence-electron chi connectivity index (χ1n) is 7.33. The highest BCUT2D eigenvalue weighted by atomic mass is 16.6. The van der Waals surface area contributed by atoms with Crippen molar-refractivity contribution in [3.8, 4) is 0 Å². The lowest BCUT2D eigenvalue weighted by Gasteiger charge is -2.20. The molecule has 0 unspecified atom stereocenters. The molecule has 0 aliphatic heterocycles. The van der Waals surface area contributed by atoms with E-state index in [-0.39, 0.29) is 0 Å². The number of esters is 1. The Balaban J connectivity index is 2.27. The van der Waals surface area contributed by atoms with Crippen LogP contribution in [-0.2, 0) is 16.1 Å². The summed E-state index contributed by atoms with van der Waals surface area (Å²) in [4.78, 5) is 16.9. The van der Waals surface area contributed by atoms with Gasteiger partial charge in [0, 0.05) is 5.56 Å². The number of rotatable bonds is 4. The molecule has 0 amide bonds. The number of ether oxygens (including phenoxy) is 1. The summed E-state index contributed by atoms with van der Waals surface area (Å²) in [7, 11) is 0. The average Bonchev–Trinajstić information content (AvgIpc) is 2.48. The van der Waals surface area contributed by atoms with Crippen molar-refractivity contribution in [1.82, 2.24) is 0 Å². The fourth-order valence-corrected chi connectivity index (χ4v) is 1.95. The summed E-state index contributed by atoms with van der Waals surface area (Å²) in [5.41, 5.74) is 1.64. The van der Waals surface area contributed by atoms with Gasteiger partial charge in [-0.05, 0) is 26.3 Å². The van der Waals surface area contributed by atoms with Crippen molar-refractivity contribution >= 4 is 11.7 Å². The Kier molecular flexibility index (Phi) is 5.10. The number of carbonyl (C=O) groups excluding carboxylic acids is 1. The summed E-state index contributed by atoms with van der Waals surface area (Å²) in [5.74, 6) is -0.394. The van der Waals surface area contributed by atoms with Crippen LogP contribution < -0.4 is 0 Å². The van der Waals surface area contributed by atoms with Gasteiger partial charge in [-0.25, -0.2) is 4.79 Å². The zero-order chi connectivity index (χ0) is 16.0. The molecule has 3 nitrogen and oxygen atoms in total. The van der Waals surface area contributed by atoms with Crippen molar-refractivity contribution in [3.05, 3.63) is 71.8 Å². The second kappa shape index (κ2) is 7.03. The third-order valence-corrected chi connectivity index (χ3v) is 2.90. The third-order valence-electron chi connectivity index (χ3n) is 2.90. The zero-order valence-electron chi connectivity index (χ0n) is 13.2. The van der Waals surface area contributed by atoms with Gasteiger partial charge in [-0.15, -0.1) is 0 Å². The highest BCUT2D eigenvalue weighted by molar-refractivity contribution is 6.43. The lowest BCUT2D eigenvalue weighted by Crippen LogP contribution is -2.29. The van der Waals surface area contributed by atoms with E-state index >= 15 is 0 Å². The van der Waals surface area contributed by atoms with Crippen molar-refractivity contribution in [3.63, 3.8) is 0 Å². The van der Waals surface area contributed by atoms with Crippen LogP contribution >= 0.6 is 0 Å². The maximum absolute atomic E-state index is 12.4. The van der Waals surface area contributed by atoms with E-state index in [2.05, 4.69) is 4.99 Å². The third kappa shape index (κ3) is 4.85. The standard InChI is InChI=1S/C19H21NO2/c1-19(2,3)22-18(21)17(16-12-8-5-9-13-16)20-14-15-10-6-4-7-11-15/h4-13H,14H2,1-3H3. The van der Waals surface area contributed by atoms with Crippen molar-refractivity contribution in [2.24, 2.45) is 4.99 Å². The molecule has 0 aromatic heterocycles.